The molecule has 2 rings (SSSR count). The Morgan fingerprint density at radius 1 is 1.37 bits per heavy atom. The Bertz CT molecular complexity index is 409. The van der Waals surface area contributed by atoms with Crippen LogP contribution in [0.4, 0.5) is 0 Å². The van der Waals surface area contributed by atoms with Crippen molar-refractivity contribution >= 4 is 5.91 Å². The SMILES string of the molecule is CC(C)Oc1ccc(C(=O)NC2CCCNC2)cc1. The molecule has 2 N–H and O–H groups in total. The van der Waals surface area contributed by atoms with Crippen molar-refractivity contribution in [2.24, 2.45) is 0 Å². The molecule has 0 saturated carbocycles. The molecule has 1 aromatic rings. The first-order valence-corrected chi connectivity index (χ1v) is 6.93. The number of rotatable bonds is 4. The third-order valence-electron chi connectivity index (χ3n) is 3.12. The second-order valence-corrected chi connectivity index (χ2v) is 5.21. The minimum atomic E-state index is -0.00945. The lowest BCUT2D eigenvalue weighted by Crippen LogP contribution is -2.45. The number of benzene rings is 1. The maximum atomic E-state index is 12.1. The van der Waals surface area contributed by atoms with Gasteiger partial charge in [-0.15, -0.1) is 0 Å². The molecule has 1 unspecified atom stereocenters. The lowest BCUT2D eigenvalue weighted by molar-refractivity contribution is 0.0930. The standard InChI is InChI=1S/C15H22N2O2/c1-11(2)19-14-7-5-12(6-8-14)15(18)17-13-4-3-9-16-10-13/h5-8,11,13,16H,3-4,9-10H2,1-2H3,(H,17,18). The first-order chi connectivity index (χ1) is 9.15. The van der Waals surface area contributed by atoms with Crippen molar-refractivity contribution in [3.8, 4) is 5.75 Å². The molecule has 1 heterocycles. The number of piperidine rings is 1. The number of carbonyl (C=O) groups excluding carboxylic acids is 1. The third-order valence-corrected chi connectivity index (χ3v) is 3.12. The Balaban J connectivity index is 1.91. The topological polar surface area (TPSA) is 50.4 Å². The van der Waals surface area contributed by atoms with Gasteiger partial charge in [0.15, 0.2) is 0 Å². The van der Waals surface area contributed by atoms with Crippen LogP contribution in [0.15, 0.2) is 24.3 Å². The molecule has 1 atom stereocenters. The molecule has 1 fully saturated rings. The Labute approximate surface area is 114 Å². The van der Waals surface area contributed by atoms with E-state index in [9.17, 15) is 4.79 Å². The van der Waals surface area contributed by atoms with Gasteiger partial charge < -0.3 is 15.4 Å². The molecule has 0 aromatic heterocycles. The highest BCUT2D eigenvalue weighted by molar-refractivity contribution is 5.94. The van der Waals surface area contributed by atoms with E-state index in [1.807, 2.05) is 38.1 Å². The van der Waals surface area contributed by atoms with Crippen molar-refractivity contribution in [1.82, 2.24) is 10.6 Å². The largest absolute Gasteiger partial charge is 0.491 e. The fraction of sp³-hybridized carbons (Fsp3) is 0.533. The zero-order valence-electron chi connectivity index (χ0n) is 11.6. The van der Waals surface area contributed by atoms with E-state index in [1.165, 1.54) is 0 Å². The van der Waals surface area contributed by atoms with Crippen molar-refractivity contribution in [3.63, 3.8) is 0 Å². The second-order valence-electron chi connectivity index (χ2n) is 5.21. The van der Waals surface area contributed by atoms with Gasteiger partial charge in [-0.1, -0.05) is 0 Å². The average molecular weight is 262 g/mol. The van der Waals surface area contributed by atoms with Crippen molar-refractivity contribution in [3.05, 3.63) is 29.8 Å². The summed E-state index contributed by atoms with van der Waals surface area (Å²) in [5.41, 5.74) is 0.682. The van der Waals surface area contributed by atoms with Gasteiger partial charge in [0.2, 0.25) is 0 Å². The Morgan fingerprint density at radius 3 is 2.68 bits per heavy atom. The molecular weight excluding hydrogens is 240 g/mol. The minimum absolute atomic E-state index is 0.00945. The van der Waals surface area contributed by atoms with E-state index < -0.39 is 0 Å². The lowest BCUT2D eigenvalue weighted by atomic mass is 10.1. The summed E-state index contributed by atoms with van der Waals surface area (Å²) in [7, 11) is 0. The van der Waals surface area contributed by atoms with Crippen LogP contribution >= 0.6 is 0 Å². The van der Waals surface area contributed by atoms with E-state index in [0.717, 1.165) is 31.7 Å². The smallest absolute Gasteiger partial charge is 0.251 e. The summed E-state index contributed by atoms with van der Waals surface area (Å²) in [6.07, 6.45) is 2.31. The number of ether oxygens (including phenoxy) is 1. The predicted octanol–water partition coefficient (Wildman–Crippen LogP) is 1.96. The summed E-state index contributed by atoms with van der Waals surface area (Å²) < 4.78 is 5.56. The van der Waals surface area contributed by atoms with Gasteiger partial charge in [0, 0.05) is 18.2 Å². The average Bonchev–Trinajstić information content (AvgIpc) is 2.40. The first-order valence-electron chi connectivity index (χ1n) is 6.93. The van der Waals surface area contributed by atoms with E-state index in [2.05, 4.69) is 10.6 Å². The quantitative estimate of drug-likeness (QED) is 0.872. The van der Waals surface area contributed by atoms with Gasteiger partial charge >= 0.3 is 0 Å². The van der Waals surface area contributed by atoms with Crippen LogP contribution in [0.5, 0.6) is 5.75 Å². The number of hydrogen-bond donors (Lipinski definition) is 2. The molecule has 0 radical (unpaired) electrons. The fourth-order valence-electron chi connectivity index (χ4n) is 2.20. The van der Waals surface area contributed by atoms with Gasteiger partial charge in [-0.2, -0.15) is 0 Å². The number of nitrogens with one attached hydrogen (secondary N) is 2. The van der Waals surface area contributed by atoms with Gasteiger partial charge in [0.05, 0.1) is 6.10 Å². The van der Waals surface area contributed by atoms with E-state index in [-0.39, 0.29) is 18.1 Å². The van der Waals surface area contributed by atoms with Crippen LogP contribution in [0.25, 0.3) is 0 Å². The molecule has 104 valence electrons. The summed E-state index contributed by atoms with van der Waals surface area (Å²) in [4.78, 5) is 12.1. The number of amides is 1. The van der Waals surface area contributed by atoms with Crippen molar-refractivity contribution in [2.45, 2.75) is 38.8 Å². The molecule has 4 nitrogen and oxygen atoms in total. The molecule has 1 aromatic carbocycles. The van der Waals surface area contributed by atoms with Crippen LogP contribution in [-0.4, -0.2) is 31.1 Å². The van der Waals surface area contributed by atoms with E-state index >= 15 is 0 Å². The minimum Gasteiger partial charge on any atom is -0.491 e. The first kappa shape index (κ1) is 13.9. The molecule has 4 heteroatoms. The second kappa shape index (κ2) is 6.57. The Morgan fingerprint density at radius 2 is 2.11 bits per heavy atom. The van der Waals surface area contributed by atoms with Crippen molar-refractivity contribution < 1.29 is 9.53 Å². The van der Waals surface area contributed by atoms with Crippen LogP contribution in [-0.2, 0) is 0 Å². The van der Waals surface area contributed by atoms with Crippen LogP contribution in [0.1, 0.15) is 37.0 Å². The zero-order chi connectivity index (χ0) is 13.7. The summed E-state index contributed by atoms with van der Waals surface area (Å²) >= 11 is 0. The zero-order valence-corrected chi connectivity index (χ0v) is 11.6. The van der Waals surface area contributed by atoms with Gasteiger partial charge in [0.25, 0.3) is 5.91 Å². The van der Waals surface area contributed by atoms with E-state index in [1.54, 1.807) is 0 Å². The monoisotopic (exact) mass is 262 g/mol. The van der Waals surface area contributed by atoms with Crippen LogP contribution in [0.3, 0.4) is 0 Å². The maximum Gasteiger partial charge on any atom is 0.251 e. The Kier molecular flexibility index (Phi) is 4.80. The highest BCUT2D eigenvalue weighted by Gasteiger charge is 2.16. The maximum absolute atomic E-state index is 12.1. The molecule has 19 heavy (non-hydrogen) atoms. The molecule has 0 spiro atoms. The normalized spacial score (nSPS) is 19.2. The highest BCUT2D eigenvalue weighted by Crippen LogP contribution is 2.14. The summed E-state index contributed by atoms with van der Waals surface area (Å²) in [6, 6.07) is 7.54. The summed E-state index contributed by atoms with van der Waals surface area (Å²) in [5.74, 6) is 0.788. The molecule has 1 saturated heterocycles. The number of carbonyl (C=O) groups is 1. The highest BCUT2D eigenvalue weighted by atomic mass is 16.5. The molecular formula is C15H22N2O2. The molecule has 1 aliphatic heterocycles. The van der Waals surface area contributed by atoms with Gasteiger partial charge in [-0.3, -0.25) is 4.79 Å². The number of hydrogen-bond acceptors (Lipinski definition) is 3. The third kappa shape index (κ3) is 4.24. The van der Waals surface area contributed by atoms with Crippen LogP contribution < -0.4 is 15.4 Å². The van der Waals surface area contributed by atoms with E-state index in [4.69, 9.17) is 4.74 Å². The van der Waals surface area contributed by atoms with Gasteiger partial charge in [0.1, 0.15) is 5.75 Å². The molecule has 1 aliphatic rings. The Hall–Kier alpha value is -1.55. The molecule has 1 amide bonds. The lowest BCUT2D eigenvalue weighted by Gasteiger charge is -2.23. The van der Waals surface area contributed by atoms with Crippen molar-refractivity contribution in [2.75, 3.05) is 13.1 Å². The van der Waals surface area contributed by atoms with Gasteiger partial charge in [-0.05, 0) is 57.5 Å². The molecule has 0 bridgehead atoms. The fourth-order valence-corrected chi connectivity index (χ4v) is 2.20. The van der Waals surface area contributed by atoms with Gasteiger partial charge in [-0.25, -0.2) is 0 Å². The van der Waals surface area contributed by atoms with E-state index in [0.29, 0.717) is 5.56 Å². The summed E-state index contributed by atoms with van der Waals surface area (Å²) in [5, 5.41) is 6.34. The summed E-state index contributed by atoms with van der Waals surface area (Å²) in [6.45, 7) is 5.88. The van der Waals surface area contributed by atoms with Crippen molar-refractivity contribution in [1.29, 1.82) is 0 Å². The van der Waals surface area contributed by atoms with Crippen LogP contribution in [0, 0.1) is 0 Å². The predicted molar refractivity (Wildman–Crippen MR) is 75.6 cm³/mol. The molecule has 0 aliphatic carbocycles. The van der Waals surface area contributed by atoms with Crippen LogP contribution in [0.2, 0.25) is 0 Å².